The summed E-state index contributed by atoms with van der Waals surface area (Å²) in [7, 11) is 0. The van der Waals surface area contributed by atoms with Crippen LogP contribution in [0.3, 0.4) is 0 Å². The van der Waals surface area contributed by atoms with Gasteiger partial charge in [0.05, 0.1) is 0 Å². The summed E-state index contributed by atoms with van der Waals surface area (Å²) in [5.74, 6) is 2.75. The van der Waals surface area contributed by atoms with Gasteiger partial charge in [0.25, 0.3) is 0 Å². The molecule has 0 aromatic heterocycles. The van der Waals surface area contributed by atoms with Gasteiger partial charge in [0.2, 0.25) is 5.91 Å². The zero-order valence-electron chi connectivity index (χ0n) is 9.78. The Hall–Kier alpha value is -0.220. The monoisotopic (exact) mass is 242 g/mol. The van der Waals surface area contributed by atoms with Crippen LogP contribution < -0.4 is 11.5 Å². The fraction of sp³-hybridized carbons (Fsp3) is 0.917. The van der Waals surface area contributed by atoms with Crippen molar-refractivity contribution in [1.82, 2.24) is 0 Å². The SMILES string of the molecule is NC(=O)C(N)(CSCC1CCCC1)C1CC1. The van der Waals surface area contributed by atoms with Crippen LogP contribution in [0.1, 0.15) is 38.5 Å². The Morgan fingerprint density at radius 2 is 1.88 bits per heavy atom. The summed E-state index contributed by atoms with van der Waals surface area (Å²) in [6.45, 7) is 0. The lowest BCUT2D eigenvalue weighted by Gasteiger charge is -2.25. The van der Waals surface area contributed by atoms with Crippen LogP contribution in [-0.4, -0.2) is 23.0 Å². The molecule has 2 rings (SSSR count). The van der Waals surface area contributed by atoms with E-state index in [1.165, 1.54) is 25.7 Å². The van der Waals surface area contributed by atoms with Gasteiger partial charge in [-0.3, -0.25) is 4.79 Å². The molecular weight excluding hydrogens is 220 g/mol. The van der Waals surface area contributed by atoms with Gasteiger partial charge >= 0.3 is 0 Å². The third-order valence-corrected chi connectivity index (χ3v) is 5.32. The number of amides is 1. The van der Waals surface area contributed by atoms with E-state index in [4.69, 9.17) is 11.5 Å². The summed E-state index contributed by atoms with van der Waals surface area (Å²) < 4.78 is 0. The summed E-state index contributed by atoms with van der Waals surface area (Å²) in [5, 5.41) is 0. The third kappa shape index (κ3) is 2.72. The lowest BCUT2D eigenvalue weighted by atomic mass is 9.96. The van der Waals surface area contributed by atoms with Crippen LogP contribution in [0.25, 0.3) is 0 Å². The van der Waals surface area contributed by atoms with E-state index >= 15 is 0 Å². The van der Waals surface area contributed by atoms with E-state index in [2.05, 4.69) is 0 Å². The Morgan fingerprint density at radius 1 is 1.25 bits per heavy atom. The van der Waals surface area contributed by atoms with Gasteiger partial charge in [-0.15, -0.1) is 0 Å². The van der Waals surface area contributed by atoms with Gasteiger partial charge in [0.1, 0.15) is 5.54 Å². The number of carbonyl (C=O) groups is 1. The number of rotatable bonds is 6. The molecule has 2 aliphatic carbocycles. The number of carbonyl (C=O) groups excluding carboxylic acids is 1. The summed E-state index contributed by atoms with van der Waals surface area (Å²) in [6, 6.07) is 0. The van der Waals surface area contributed by atoms with Gasteiger partial charge in [-0.05, 0) is 43.3 Å². The molecule has 1 amide bonds. The molecule has 3 nitrogen and oxygen atoms in total. The molecule has 0 aromatic carbocycles. The van der Waals surface area contributed by atoms with Gasteiger partial charge in [-0.1, -0.05) is 12.8 Å². The van der Waals surface area contributed by atoms with Crippen LogP contribution in [0, 0.1) is 11.8 Å². The van der Waals surface area contributed by atoms with Crippen molar-refractivity contribution in [3.8, 4) is 0 Å². The highest BCUT2D eigenvalue weighted by Crippen LogP contribution is 2.40. The Labute approximate surface area is 102 Å². The molecule has 0 saturated heterocycles. The van der Waals surface area contributed by atoms with Gasteiger partial charge in [-0.25, -0.2) is 0 Å². The Morgan fingerprint density at radius 3 is 2.38 bits per heavy atom. The van der Waals surface area contributed by atoms with E-state index in [1.807, 2.05) is 11.8 Å². The number of hydrogen-bond donors (Lipinski definition) is 2. The second kappa shape index (κ2) is 4.96. The highest BCUT2D eigenvalue weighted by atomic mass is 32.2. The molecule has 0 heterocycles. The Kier molecular flexibility index (Phi) is 3.80. The topological polar surface area (TPSA) is 69.1 Å². The predicted molar refractivity (Wildman–Crippen MR) is 68.1 cm³/mol. The quantitative estimate of drug-likeness (QED) is 0.741. The van der Waals surface area contributed by atoms with Crippen molar-refractivity contribution in [2.75, 3.05) is 11.5 Å². The lowest BCUT2D eigenvalue weighted by Crippen LogP contribution is -2.56. The maximum atomic E-state index is 11.4. The van der Waals surface area contributed by atoms with E-state index in [0.29, 0.717) is 11.7 Å². The fourth-order valence-corrected chi connectivity index (χ4v) is 4.06. The van der Waals surface area contributed by atoms with Crippen LogP contribution in [0.5, 0.6) is 0 Å². The fourth-order valence-electron chi connectivity index (χ4n) is 2.56. The van der Waals surface area contributed by atoms with Crippen LogP contribution >= 0.6 is 11.8 Å². The second-order valence-corrected chi connectivity index (χ2v) is 6.37. The zero-order valence-corrected chi connectivity index (χ0v) is 10.6. The van der Waals surface area contributed by atoms with Crippen molar-refractivity contribution in [2.24, 2.45) is 23.3 Å². The largest absolute Gasteiger partial charge is 0.368 e. The first-order chi connectivity index (χ1) is 7.63. The molecule has 2 saturated carbocycles. The molecule has 4 heteroatoms. The first-order valence-corrected chi connectivity index (χ1v) is 7.45. The Bertz CT molecular complexity index is 262. The molecule has 2 aliphatic rings. The maximum Gasteiger partial charge on any atom is 0.238 e. The highest BCUT2D eigenvalue weighted by molar-refractivity contribution is 7.99. The van der Waals surface area contributed by atoms with Crippen molar-refractivity contribution in [3.05, 3.63) is 0 Å². The van der Waals surface area contributed by atoms with Crippen LogP contribution in [0.2, 0.25) is 0 Å². The Balaban J connectivity index is 1.75. The minimum Gasteiger partial charge on any atom is -0.368 e. The minimum atomic E-state index is -0.733. The molecule has 0 aliphatic heterocycles. The van der Waals surface area contributed by atoms with Crippen LogP contribution in [0.15, 0.2) is 0 Å². The minimum absolute atomic E-state index is 0.311. The van der Waals surface area contributed by atoms with Crippen molar-refractivity contribution in [1.29, 1.82) is 0 Å². The molecule has 2 fully saturated rings. The normalized spacial score (nSPS) is 25.6. The standard InChI is InChI=1S/C12H22N2OS/c13-11(15)12(14,10-5-6-10)8-16-7-9-3-1-2-4-9/h9-10H,1-8,14H2,(H2,13,15). The molecular formula is C12H22N2OS. The number of nitrogens with two attached hydrogens (primary N) is 2. The van der Waals surface area contributed by atoms with E-state index in [-0.39, 0.29) is 5.91 Å². The first-order valence-electron chi connectivity index (χ1n) is 6.29. The van der Waals surface area contributed by atoms with E-state index in [1.54, 1.807) is 0 Å². The lowest BCUT2D eigenvalue weighted by molar-refractivity contribution is -0.123. The van der Waals surface area contributed by atoms with Crippen molar-refractivity contribution >= 4 is 17.7 Å². The molecule has 1 unspecified atom stereocenters. The molecule has 0 aromatic rings. The number of primary amides is 1. The van der Waals surface area contributed by atoms with Crippen LogP contribution in [0.4, 0.5) is 0 Å². The van der Waals surface area contributed by atoms with Crippen LogP contribution in [-0.2, 0) is 4.79 Å². The number of thioether (sulfide) groups is 1. The summed E-state index contributed by atoms with van der Waals surface area (Å²) >= 11 is 1.83. The zero-order chi connectivity index (χ0) is 11.6. The van der Waals surface area contributed by atoms with Gasteiger partial charge in [0.15, 0.2) is 0 Å². The summed E-state index contributed by atoms with van der Waals surface area (Å²) in [4.78, 5) is 11.4. The number of hydrogen-bond acceptors (Lipinski definition) is 3. The van der Waals surface area contributed by atoms with Gasteiger partial charge in [0, 0.05) is 5.75 Å². The van der Waals surface area contributed by atoms with E-state index < -0.39 is 5.54 Å². The predicted octanol–water partition coefficient (Wildman–Crippen LogP) is 1.50. The summed E-state index contributed by atoms with van der Waals surface area (Å²) in [5.41, 5.74) is 10.8. The van der Waals surface area contributed by atoms with Gasteiger partial charge in [-0.2, -0.15) is 11.8 Å². The van der Waals surface area contributed by atoms with E-state index in [9.17, 15) is 4.79 Å². The molecule has 0 bridgehead atoms. The molecule has 0 spiro atoms. The van der Waals surface area contributed by atoms with E-state index in [0.717, 1.165) is 24.5 Å². The molecule has 1 atom stereocenters. The average molecular weight is 242 g/mol. The molecule has 0 radical (unpaired) electrons. The van der Waals surface area contributed by atoms with Crippen molar-refractivity contribution in [2.45, 2.75) is 44.1 Å². The van der Waals surface area contributed by atoms with Crippen molar-refractivity contribution < 1.29 is 4.79 Å². The van der Waals surface area contributed by atoms with Gasteiger partial charge < -0.3 is 11.5 Å². The average Bonchev–Trinajstić information content (AvgIpc) is 2.98. The smallest absolute Gasteiger partial charge is 0.238 e. The highest BCUT2D eigenvalue weighted by Gasteiger charge is 2.46. The summed E-state index contributed by atoms with van der Waals surface area (Å²) in [6.07, 6.45) is 7.59. The first kappa shape index (κ1) is 12.2. The molecule has 4 N–H and O–H groups in total. The van der Waals surface area contributed by atoms with Crippen molar-refractivity contribution in [3.63, 3.8) is 0 Å². The molecule has 16 heavy (non-hydrogen) atoms. The second-order valence-electron chi connectivity index (χ2n) is 5.34. The maximum absolute atomic E-state index is 11.4. The third-order valence-electron chi connectivity index (χ3n) is 3.93. The molecule has 92 valence electrons.